The summed E-state index contributed by atoms with van der Waals surface area (Å²) in [6.07, 6.45) is 8.55. The smallest absolute Gasteiger partial charge is 0.387 e. The molecule has 3 heterocycles. The predicted molar refractivity (Wildman–Crippen MR) is 172 cm³/mol. The highest BCUT2D eigenvalue weighted by molar-refractivity contribution is 6.30. The molecule has 16 heteroatoms. The van der Waals surface area contributed by atoms with Crippen LogP contribution in [0, 0.1) is 5.41 Å². The molecule has 0 atom stereocenters. The minimum atomic E-state index is -3.14. The highest BCUT2D eigenvalue weighted by Gasteiger charge is 2.24. The van der Waals surface area contributed by atoms with Crippen LogP contribution in [0.4, 0.5) is 8.78 Å². The molecule has 7 N–H and O–H groups in total. The van der Waals surface area contributed by atoms with Crippen molar-refractivity contribution in [3.05, 3.63) is 58.2 Å². The molecular weight excluding hydrogens is 624 g/mol. The summed E-state index contributed by atoms with van der Waals surface area (Å²) in [5, 5.41) is 13.5. The molecule has 0 radical (unpaired) electrons. The second-order valence-corrected chi connectivity index (χ2v) is 11.1. The van der Waals surface area contributed by atoms with Gasteiger partial charge in [0.25, 0.3) is 5.91 Å². The number of morpholine rings is 1. The van der Waals surface area contributed by atoms with Crippen molar-refractivity contribution in [1.82, 2.24) is 20.4 Å². The van der Waals surface area contributed by atoms with Crippen molar-refractivity contribution in [3.63, 3.8) is 0 Å². The minimum Gasteiger partial charge on any atom is -0.434 e. The molecule has 0 bridgehead atoms. The predicted octanol–water partition coefficient (Wildman–Crippen LogP) is 2.19. The lowest BCUT2D eigenvalue weighted by Crippen LogP contribution is -2.41. The average Bonchev–Trinajstić information content (AvgIpc) is 3.04. The number of carbonyl (C=O) groups is 2. The number of likely N-dealkylation sites (tertiary alicyclic amines) is 1. The molecule has 0 spiro atoms. The highest BCUT2D eigenvalue weighted by Crippen LogP contribution is 2.29. The number of halogens is 3. The molecule has 2 saturated heterocycles. The quantitative estimate of drug-likeness (QED) is 0.128. The lowest BCUT2D eigenvalue weighted by atomic mass is 10.0. The molecule has 3 aliphatic rings. The number of nitrogens with one attached hydrogen (secondary N) is 3. The molecule has 1 aromatic rings. The maximum Gasteiger partial charge on any atom is 0.387 e. The van der Waals surface area contributed by atoms with Crippen LogP contribution in [0.1, 0.15) is 31.2 Å². The molecular formula is C30H38ClF2N9O4. The lowest BCUT2D eigenvalue weighted by Gasteiger charge is -2.31. The number of benzene rings is 1. The van der Waals surface area contributed by atoms with E-state index in [1.54, 1.807) is 6.08 Å². The van der Waals surface area contributed by atoms with Crippen LogP contribution in [0.5, 0.6) is 5.75 Å². The van der Waals surface area contributed by atoms with Gasteiger partial charge in [-0.05, 0) is 50.1 Å². The van der Waals surface area contributed by atoms with Crippen molar-refractivity contribution in [2.75, 3.05) is 45.9 Å². The van der Waals surface area contributed by atoms with Gasteiger partial charge in [-0.25, -0.2) is 4.99 Å². The van der Waals surface area contributed by atoms with Crippen LogP contribution in [0.3, 0.4) is 0 Å². The van der Waals surface area contributed by atoms with Gasteiger partial charge < -0.3 is 41.4 Å². The normalized spacial score (nSPS) is 19.2. The van der Waals surface area contributed by atoms with Gasteiger partial charge in [0.2, 0.25) is 5.91 Å². The number of piperidine rings is 1. The summed E-state index contributed by atoms with van der Waals surface area (Å²) >= 11 is 6.15. The first-order chi connectivity index (χ1) is 22.1. The number of nitrogens with two attached hydrogens (primary N) is 2. The van der Waals surface area contributed by atoms with E-state index in [9.17, 15) is 18.4 Å². The highest BCUT2D eigenvalue weighted by atomic mass is 35.5. The van der Waals surface area contributed by atoms with E-state index in [4.69, 9.17) is 33.2 Å². The summed E-state index contributed by atoms with van der Waals surface area (Å²) < 4.78 is 36.3. The fourth-order valence-corrected chi connectivity index (χ4v) is 5.30. The largest absolute Gasteiger partial charge is 0.434 e. The van der Waals surface area contributed by atoms with Gasteiger partial charge >= 0.3 is 6.61 Å². The number of ether oxygens (including phenoxy) is 2. The first-order valence-corrected chi connectivity index (χ1v) is 15.2. The van der Waals surface area contributed by atoms with Crippen LogP contribution in [-0.2, 0) is 14.3 Å². The Bertz CT molecular complexity index is 1430. The molecule has 2 fully saturated rings. The van der Waals surface area contributed by atoms with Gasteiger partial charge in [-0.2, -0.15) is 8.78 Å². The van der Waals surface area contributed by atoms with Crippen LogP contribution in [0.2, 0.25) is 5.02 Å². The molecule has 0 aliphatic carbocycles. The van der Waals surface area contributed by atoms with Crippen molar-refractivity contribution in [3.8, 4) is 5.75 Å². The minimum absolute atomic E-state index is 0.00442. The number of aliphatic imine (C=N–C) groups is 2. The fourth-order valence-electron chi connectivity index (χ4n) is 5.13. The van der Waals surface area contributed by atoms with Gasteiger partial charge in [-0.1, -0.05) is 11.6 Å². The Morgan fingerprint density at radius 1 is 1.24 bits per heavy atom. The summed E-state index contributed by atoms with van der Waals surface area (Å²) in [6.45, 7) is 1.59. The van der Waals surface area contributed by atoms with Gasteiger partial charge in [0, 0.05) is 61.8 Å². The third-order valence-electron chi connectivity index (χ3n) is 7.53. The lowest BCUT2D eigenvalue weighted by molar-refractivity contribution is -0.135. The summed E-state index contributed by atoms with van der Waals surface area (Å²) in [5.41, 5.74) is 11.7. The van der Waals surface area contributed by atoms with Gasteiger partial charge in [0.15, 0.2) is 0 Å². The number of amidine groups is 1. The molecule has 2 amide bonds. The molecule has 0 aromatic heterocycles. The van der Waals surface area contributed by atoms with Gasteiger partial charge in [0.1, 0.15) is 23.0 Å². The van der Waals surface area contributed by atoms with Crippen LogP contribution < -0.4 is 26.8 Å². The summed E-state index contributed by atoms with van der Waals surface area (Å²) in [4.78, 5) is 38.7. The van der Waals surface area contributed by atoms with E-state index in [0.29, 0.717) is 45.6 Å². The standard InChI is InChI=1S/C30H38ClF2N9O4/c31-19-4-5-23(46-30(32)33)21(17-19)26(34)22(40-29(44)25(27(35)36)28-37-8-2-9-38-28)18-39-20-6-11-41(12-7-20)10-1-3-24(43)42-13-15-45-16-14-42/h2,4-5,8-9,17-18,20,30,37H,1,3,6-7,10-16,34H2,(H3,35,36)(H,40,44)/b26-22?,28-25-,39-18?. The van der Waals surface area contributed by atoms with Crippen molar-refractivity contribution in [2.45, 2.75) is 38.3 Å². The summed E-state index contributed by atoms with van der Waals surface area (Å²) in [5.74, 6) is -1.47. The Morgan fingerprint density at radius 2 is 1.98 bits per heavy atom. The van der Waals surface area contributed by atoms with E-state index in [2.05, 4.69) is 30.3 Å². The van der Waals surface area contributed by atoms with Crippen LogP contribution in [-0.4, -0.2) is 98.5 Å². The van der Waals surface area contributed by atoms with Gasteiger partial charge in [-0.15, -0.1) is 0 Å². The topological polar surface area (TPSA) is 184 Å². The first-order valence-electron chi connectivity index (χ1n) is 14.8. The molecule has 0 unspecified atom stereocenters. The van der Waals surface area contributed by atoms with Crippen molar-refractivity contribution in [1.29, 1.82) is 5.41 Å². The molecule has 13 nitrogen and oxygen atoms in total. The Balaban J connectivity index is 1.48. The Kier molecular flexibility index (Phi) is 12.6. The Hall–Kier alpha value is -4.34. The van der Waals surface area contributed by atoms with Crippen LogP contribution in [0.25, 0.3) is 5.70 Å². The fraction of sp³-hybridized carbons (Fsp3) is 0.433. The van der Waals surface area contributed by atoms with E-state index in [1.165, 1.54) is 36.8 Å². The zero-order valence-corrected chi connectivity index (χ0v) is 25.9. The van der Waals surface area contributed by atoms with Crippen LogP contribution in [0.15, 0.2) is 57.6 Å². The van der Waals surface area contributed by atoms with E-state index in [0.717, 1.165) is 26.1 Å². The maximum absolute atomic E-state index is 13.4. The molecule has 3 aliphatic heterocycles. The average molecular weight is 662 g/mol. The molecule has 0 saturated carbocycles. The Labute approximate surface area is 270 Å². The monoisotopic (exact) mass is 661 g/mol. The maximum atomic E-state index is 13.4. The number of hydrogen-bond donors (Lipinski definition) is 5. The third kappa shape index (κ3) is 9.83. The second kappa shape index (κ2) is 16.8. The molecule has 46 heavy (non-hydrogen) atoms. The Morgan fingerprint density at radius 3 is 2.63 bits per heavy atom. The number of hydrogen-bond acceptors (Lipinski definition) is 10. The van der Waals surface area contributed by atoms with E-state index >= 15 is 0 Å². The van der Waals surface area contributed by atoms with Gasteiger partial charge in [-0.3, -0.25) is 20.0 Å². The number of carbonyl (C=O) groups excluding carboxylic acids is 2. The van der Waals surface area contributed by atoms with E-state index in [1.807, 2.05) is 4.90 Å². The third-order valence-corrected chi connectivity index (χ3v) is 7.76. The number of rotatable bonds is 12. The zero-order chi connectivity index (χ0) is 33.1. The number of nitrogens with zero attached hydrogens (tertiary/aromatic N) is 4. The SMILES string of the molecule is N=C(N)/C(C(=O)NC(C=NC1CCN(CCCC(=O)N2CCOCC2)CC1)=C(N)c1cc(Cl)ccc1OC(F)F)=C1/N=CC=CN1. The van der Waals surface area contributed by atoms with E-state index in [-0.39, 0.29) is 51.1 Å². The molecule has 1 aromatic carbocycles. The number of allylic oxidation sites excluding steroid dienone is 2. The first kappa shape index (κ1) is 34.5. The van der Waals surface area contributed by atoms with Crippen LogP contribution >= 0.6 is 11.6 Å². The summed E-state index contributed by atoms with van der Waals surface area (Å²) in [6, 6.07) is 3.82. The molecule has 4 rings (SSSR count). The number of alkyl halides is 2. The van der Waals surface area contributed by atoms with Gasteiger partial charge in [0.05, 0.1) is 30.6 Å². The van der Waals surface area contributed by atoms with Crippen molar-refractivity contribution >= 4 is 47.4 Å². The number of amides is 2. The summed E-state index contributed by atoms with van der Waals surface area (Å²) in [7, 11) is 0. The van der Waals surface area contributed by atoms with Crippen molar-refractivity contribution < 1.29 is 27.8 Å². The van der Waals surface area contributed by atoms with E-state index < -0.39 is 18.4 Å². The second-order valence-electron chi connectivity index (χ2n) is 10.7. The molecule has 248 valence electrons. The zero-order valence-electron chi connectivity index (χ0n) is 25.2. The van der Waals surface area contributed by atoms with Crippen molar-refractivity contribution in [2.24, 2.45) is 21.5 Å².